The third-order valence-corrected chi connectivity index (χ3v) is 5.59. The first-order valence-electron chi connectivity index (χ1n) is 6.44. The molecule has 1 aromatic rings. The van der Waals surface area contributed by atoms with Gasteiger partial charge in [-0.15, -0.1) is 0 Å². The van der Waals surface area contributed by atoms with Crippen molar-refractivity contribution in [3.63, 3.8) is 0 Å². The van der Waals surface area contributed by atoms with Crippen LogP contribution in [0.4, 0.5) is 0 Å². The van der Waals surface area contributed by atoms with E-state index in [2.05, 4.69) is 4.72 Å². The largest absolute Gasteiger partial charge is 0.493 e. The minimum absolute atomic E-state index is 0.00616. The van der Waals surface area contributed by atoms with Gasteiger partial charge in [0.25, 0.3) is 0 Å². The quantitative estimate of drug-likeness (QED) is 0.854. The molecule has 1 atom stereocenters. The molecule has 5 nitrogen and oxygen atoms in total. The number of fused-ring (bicyclic) bond motifs is 1. The van der Waals surface area contributed by atoms with Crippen LogP contribution in [0.15, 0.2) is 24.3 Å². The Kier molecular flexibility index (Phi) is 3.03. The molecule has 1 fully saturated rings. The van der Waals surface area contributed by atoms with Gasteiger partial charge in [-0.05, 0) is 18.9 Å². The molecule has 1 aromatic carbocycles. The van der Waals surface area contributed by atoms with Crippen LogP contribution in [-0.4, -0.2) is 31.9 Å². The van der Waals surface area contributed by atoms with E-state index in [-0.39, 0.29) is 11.8 Å². The molecule has 1 saturated carbocycles. The summed E-state index contributed by atoms with van der Waals surface area (Å²) >= 11 is 0. The topological polar surface area (TPSA) is 75.6 Å². The maximum absolute atomic E-state index is 11.8. The number of aliphatic hydroxyl groups is 1. The van der Waals surface area contributed by atoms with Crippen molar-refractivity contribution in [1.29, 1.82) is 0 Å². The number of hydrogen-bond donors (Lipinski definition) is 2. The van der Waals surface area contributed by atoms with Gasteiger partial charge in [0.2, 0.25) is 10.0 Å². The van der Waals surface area contributed by atoms with E-state index in [1.54, 1.807) is 12.1 Å². The number of benzene rings is 1. The molecule has 6 heteroatoms. The Hall–Kier alpha value is -1.11. The summed E-state index contributed by atoms with van der Waals surface area (Å²) in [6.07, 6.45) is 1.82. The molecule has 2 N–H and O–H groups in total. The molecule has 0 radical (unpaired) electrons. The molecule has 1 aliphatic carbocycles. The average Bonchev–Trinajstić information content (AvgIpc) is 3.22. The summed E-state index contributed by atoms with van der Waals surface area (Å²) in [5, 5.41) is 10.4. The molecule has 0 unspecified atom stereocenters. The smallest absolute Gasteiger partial charge is 0.214 e. The predicted molar refractivity (Wildman–Crippen MR) is 70.4 cm³/mol. The average molecular weight is 283 g/mol. The monoisotopic (exact) mass is 283 g/mol. The van der Waals surface area contributed by atoms with Gasteiger partial charge in [-0.1, -0.05) is 18.2 Å². The van der Waals surface area contributed by atoms with E-state index < -0.39 is 15.6 Å². The van der Waals surface area contributed by atoms with E-state index in [9.17, 15) is 13.5 Å². The lowest BCUT2D eigenvalue weighted by Gasteiger charge is -2.34. The third-order valence-electron chi connectivity index (χ3n) is 3.69. The van der Waals surface area contributed by atoms with Crippen molar-refractivity contribution in [3.8, 4) is 5.75 Å². The lowest BCUT2D eigenvalue weighted by atomic mass is 9.88. The van der Waals surface area contributed by atoms with Gasteiger partial charge in [-0.2, -0.15) is 0 Å². The summed E-state index contributed by atoms with van der Waals surface area (Å²) in [6.45, 7) is 0.394. The Morgan fingerprint density at radius 2 is 2.11 bits per heavy atom. The summed E-state index contributed by atoms with van der Waals surface area (Å²) in [6, 6.07) is 7.21. The van der Waals surface area contributed by atoms with Gasteiger partial charge >= 0.3 is 0 Å². The molecule has 19 heavy (non-hydrogen) atoms. The Bertz CT molecular complexity index is 582. The highest BCUT2D eigenvalue weighted by molar-refractivity contribution is 7.90. The van der Waals surface area contributed by atoms with Crippen LogP contribution < -0.4 is 9.46 Å². The fourth-order valence-corrected chi connectivity index (χ4v) is 3.77. The third kappa shape index (κ3) is 2.48. The van der Waals surface area contributed by atoms with E-state index in [1.807, 2.05) is 12.1 Å². The fourth-order valence-electron chi connectivity index (χ4n) is 2.34. The van der Waals surface area contributed by atoms with Gasteiger partial charge < -0.3 is 9.84 Å². The summed E-state index contributed by atoms with van der Waals surface area (Å²) in [4.78, 5) is 0. The molecular formula is C13H17NO4S. The van der Waals surface area contributed by atoms with Crippen molar-refractivity contribution in [2.45, 2.75) is 30.1 Å². The lowest BCUT2D eigenvalue weighted by molar-refractivity contribution is 0.00219. The van der Waals surface area contributed by atoms with Crippen molar-refractivity contribution >= 4 is 10.0 Å². The number of ether oxygens (including phenoxy) is 1. The minimum atomic E-state index is -3.28. The Labute approximate surface area is 112 Å². The number of nitrogens with one attached hydrogen (secondary N) is 1. The van der Waals surface area contributed by atoms with Gasteiger partial charge in [0.1, 0.15) is 11.4 Å². The first kappa shape index (κ1) is 12.9. The van der Waals surface area contributed by atoms with Crippen molar-refractivity contribution in [1.82, 2.24) is 4.72 Å². The molecule has 2 aliphatic rings. The zero-order chi connectivity index (χ0) is 13.5. The summed E-state index contributed by atoms with van der Waals surface area (Å²) < 4.78 is 31.7. The van der Waals surface area contributed by atoms with Crippen molar-refractivity contribution in [3.05, 3.63) is 29.8 Å². The molecule has 0 spiro atoms. The second kappa shape index (κ2) is 4.47. The number of hydrogen-bond acceptors (Lipinski definition) is 4. The first-order chi connectivity index (χ1) is 9.01. The lowest BCUT2D eigenvalue weighted by Crippen LogP contribution is -2.44. The van der Waals surface area contributed by atoms with Gasteiger partial charge in [0, 0.05) is 18.5 Å². The maximum atomic E-state index is 11.8. The van der Waals surface area contributed by atoms with E-state index in [1.165, 1.54) is 0 Å². The van der Waals surface area contributed by atoms with Crippen LogP contribution in [0.5, 0.6) is 5.75 Å². The van der Waals surface area contributed by atoms with Crippen LogP contribution in [0.1, 0.15) is 24.8 Å². The van der Waals surface area contributed by atoms with Crippen LogP contribution in [0, 0.1) is 0 Å². The molecule has 1 aliphatic heterocycles. The molecule has 0 saturated heterocycles. The van der Waals surface area contributed by atoms with Crippen molar-refractivity contribution < 1.29 is 18.3 Å². The number of para-hydroxylation sites is 1. The van der Waals surface area contributed by atoms with Gasteiger partial charge in [0.15, 0.2) is 0 Å². The highest BCUT2D eigenvalue weighted by atomic mass is 32.2. The van der Waals surface area contributed by atoms with E-state index >= 15 is 0 Å². The molecule has 104 valence electrons. The van der Waals surface area contributed by atoms with Crippen LogP contribution in [0.3, 0.4) is 0 Å². The SMILES string of the molecule is O=S(=O)(NC[C@]1(O)CCOc2ccccc21)C1CC1. The normalized spacial score (nSPS) is 26.6. The number of rotatable bonds is 4. The fraction of sp³-hybridized carbons (Fsp3) is 0.538. The zero-order valence-corrected chi connectivity index (χ0v) is 11.3. The van der Waals surface area contributed by atoms with Gasteiger partial charge in [0.05, 0.1) is 11.9 Å². The van der Waals surface area contributed by atoms with Crippen LogP contribution in [0.25, 0.3) is 0 Å². The van der Waals surface area contributed by atoms with Gasteiger partial charge in [-0.3, -0.25) is 0 Å². The molecule has 0 amide bonds. The molecule has 0 aromatic heterocycles. The molecule has 0 bridgehead atoms. The van der Waals surface area contributed by atoms with Crippen LogP contribution >= 0.6 is 0 Å². The van der Waals surface area contributed by atoms with E-state index in [4.69, 9.17) is 4.74 Å². The van der Waals surface area contributed by atoms with Crippen molar-refractivity contribution in [2.24, 2.45) is 0 Å². The second-order valence-corrected chi connectivity index (χ2v) is 7.24. The first-order valence-corrected chi connectivity index (χ1v) is 7.99. The second-order valence-electron chi connectivity index (χ2n) is 5.19. The van der Waals surface area contributed by atoms with Crippen LogP contribution in [0.2, 0.25) is 0 Å². The maximum Gasteiger partial charge on any atom is 0.214 e. The summed E-state index contributed by atoms with van der Waals surface area (Å²) in [5.41, 5.74) is -0.531. The minimum Gasteiger partial charge on any atom is -0.493 e. The Balaban J connectivity index is 1.80. The highest BCUT2D eigenvalue weighted by Gasteiger charge is 2.40. The van der Waals surface area contributed by atoms with E-state index in [0.717, 1.165) is 0 Å². The molecule has 3 rings (SSSR count). The zero-order valence-electron chi connectivity index (χ0n) is 10.5. The van der Waals surface area contributed by atoms with Crippen LogP contribution in [-0.2, 0) is 15.6 Å². The summed E-state index contributed by atoms with van der Waals surface area (Å²) in [5.74, 6) is 0.627. The van der Waals surface area contributed by atoms with Crippen molar-refractivity contribution in [2.75, 3.05) is 13.2 Å². The summed E-state index contributed by atoms with van der Waals surface area (Å²) in [7, 11) is -3.28. The predicted octanol–water partition coefficient (Wildman–Crippen LogP) is 0.738. The molecular weight excluding hydrogens is 266 g/mol. The standard InChI is InChI=1S/C13H17NO4S/c15-13(9-14-19(16,17)10-5-6-10)7-8-18-12-4-2-1-3-11(12)13/h1-4,10,14-15H,5-9H2/t13-/m1/s1. The van der Waals surface area contributed by atoms with Gasteiger partial charge in [-0.25, -0.2) is 13.1 Å². The highest BCUT2D eigenvalue weighted by Crippen LogP contribution is 2.37. The Morgan fingerprint density at radius 1 is 1.37 bits per heavy atom. The Morgan fingerprint density at radius 3 is 2.84 bits per heavy atom. The number of sulfonamides is 1. The molecule has 1 heterocycles. The van der Waals surface area contributed by atoms with E-state index in [0.29, 0.717) is 37.2 Å².